The second kappa shape index (κ2) is 3.55. The van der Waals surface area contributed by atoms with Gasteiger partial charge in [0.1, 0.15) is 0 Å². The molecule has 5 heteroatoms. The Labute approximate surface area is 90.5 Å². The Morgan fingerprint density at radius 1 is 1.36 bits per heavy atom. The van der Waals surface area contributed by atoms with E-state index in [2.05, 4.69) is 10.2 Å². The van der Waals surface area contributed by atoms with Crippen molar-refractivity contribution >= 4 is 28.1 Å². The molecule has 2 N–H and O–H groups in total. The molecule has 0 fully saturated rings. The molecule has 1 aromatic heterocycles. The van der Waals surface area contributed by atoms with Gasteiger partial charge in [-0.15, -0.1) is 10.2 Å². The van der Waals surface area contributed by atoms with Gasteiger partial charge in [-0.1, -0.05) is 34.6 Å². The van der Waals surface area contributed by atoms with Crippen LogP contribution in [0, 0.1) is 6.92 Å². The zero-order chi connectivity index (χ0) is 10.1. The number of nitrogens with two attached hydrogens (primary N) is 1. The highest BCUT2D eigenvalue weighted by Crippen LogP contribution is 2.31. The van der Waals surface area contributed by atoms with Crippen LogP contribution in [0.15, 0.2) is 18.2 Å². The van der Waals surface area contributed by atoms with E-state index >= 15 is 0 Å². The molecule has 0 radical (unpaired) electrons. The normalized spacial score (nSPS) is 10.4. The second-order valence-corrected chi connectivity index (χ2v) is 4.35. The topological polar surface area (TPSA) is 51.8 Å². The standard InChI is InChI=1S/C9H8ClN3S/c1-5-2-3-7(10)6(4-5)8-12-13-9(11)14-8/h2-4H,1H3,(H2,11,13). The van der Waals surface area contributed by atoms with Crippen molar-refractivity contribution in [3.8, 4) is 10.6 Å². The molecule has 0 atom stereocenters. The first-order chi connectivity index (χ1) is 6.66. The number of benzene rings is 1. The summed E-state index contributed by atoms with van der Waals surface area (Å²) < 4.78 is 0. The number of hydrogen-bond donors (Lipinski definition) is 1. The molecule has 3 nitrogen and oxygen atoms in total. The Balaban J connectivity index is 2.55. The Kier molecular flexibility index (Phi) is 2.39. The van der Waals surface area contributed by atoms with Crippen molar-refractivity contribution in [2.45, 2.75) is 6.92 Å². The van der Waals surface area contributed by atoms with Crippen molar-refractivity contribution in [3.63, 3.8) is 0 Å². The second-order valence-electron chi connectivity index (χ2n) is 2.93. The molecule has 0 aliphatic heterocycles. The minimum absolute atomic E-state index is 0.456. The lowest BCUT2D eigenvalue weighted by Crippen LogP contribution is -1.81. The highest BCUT2D eigenvalue weighted by atomic mass is 35.5. The first-order valence-corrected chi connectivity index (χ1v) is 5.22. The van der Waals surface area contributed by atoms with E-state index in [0.29, 0.717) is 10.2 Å². The summed E-state index contributed by atoms with van der Waals surface area (Å²) in [5, 5.41) is 9.59. The summed E-state index contributed by atoms with van der Waals surface area (Å²) in [6, 6.07) is 5.78. The third-order valence-corrected chi connectivity index (χ3v) is 2.91. The molecule has 0 unspecified atom stereocenters. The predicted molar refractivity (Wildman–Crippen MR) is 59.5 cm³/mol. The lowest BCUT2D eigenvalue weighted by Gasteiger charge is -2.00. The highest BCUT2D eigenvalue weighted by Gasteiger charge is 2.08. The molecule has 14 heavy (non-hydrogen) atoms. The molecule has 0 aliphatic rings. The lowest BCUT2D eigenvalue weighted by atomic mass is 10.1. The SMILES string of the molecule is Cc1ccc(Cl)c(-c2nnc(N)s2)c1. The largest absolute Gasteiger partial charge is 0.374 e. The van der Waals surface area contributed by atoms with E-state index in [1.165, 1.54) is 11.3 Å². The number of halogens is 1. The van der Waals surface area contributed by atoms with E-state index in [4.69, 9.17) is 17.3 Å². The van der Waals surface area contributed by atoms with Gasteiger partial charge < -0.3 is 5.73 Å². The van der Waals surface area contributed by atoms with E-state index in [1.54, 1.807) is 0 Å². The van der Waals surface area contributed by atoms with Crippen LogP contribution in [0.4, 0.5) is 5.13 Å². The molecule has 0 amide bonds. The van der Waals surface area contributed by atoms with Crippen LogP contribution in [0.25, 0.3) is 10.6 Å². The van der Waals surface area contributed by atoms with Crippen molar-refractivity contribution in [1.82, 2.24) is 10.2 Å². The Hall–Kier alpha value is -1.13. The maximum atomic E-state index is 6.04. The van der Waals surface area contributed by atoms with Crippen molar-refractivity contribution in [2.24, 2.45) is 0 Å². The fraction of sp³-hybridized carbons (Fsp3) is 0.111. The molecule has 2 aromatic rings. The van der Waals surface area contributed by atoms with Gasteiger partial charge in [-0.05, 0) is 19.1 Å². The van der Waals surface area contributed by atoms with Crippen LogP contribution >= 0.6 is 22.9 Å². The number of hydrogen-bond acceptors (Lipinski definition) is 4. The summed E-state index contributed by atoms with van der Waals surface area (Å²) >= 11 is 7.37. The number of nitrogen functional groups attached to an aromatic ring is 1. The molecule has 0 bridgehead atoms. The van der Waals surface area contributed by atoms with Crippen molar-refractivity contribution in [1.29, 1.82) is 0 Å². The van der Waals surface area contributed by atoms with Gasteiger partial charge in [0.2, 0.25) is 5.13 Å². The maximum absolute atomic E-state index is 6.04. The van der Waals surface area contributed by atoms with Crippen LogP contribution in [0.2, 0.25) is 5.02 Å². The predicted octanol–water partition coefficient (Wildman–Crippen LogP) is 2.75. The molecule has 2 rings (SSSR count). The van der Waals surface area contributed by atoms with Crippen molar-refractivity contribution < 1.29 is 0 Å². The molecule has 1 aromatic carbocycles. The highest BCUT2D eigenvalue weighted by molar-refractivity contribution is 7.18. The van der Waals surface area contributed by atoms with Gasteiger partial charge in [-0.2, -0.15) is 0 Å². The third-order valence-electron chi connectivity index (χ3n) is 1.79. The Morgan fingerprint density at radius 3 is 2.79 bits per heavy atom. The number of aromatic nitrogens is 2. The molecule has 0 saturated heterocycles. The van der Waals surface area contributed by atoms with Crippen LogP contribution in [0.3, 0.4) is 0 Å². The molecule has 0 saturated carbocycles. The van der Waals surface area contributed by atoms with Crippen molar-refractivity contribution in [3.05, 3.63) is 28.8 Å². The summed E-state index contributed by atoms with van der Waals surface area (Å²) in [6.07, 6.45) is 0. The molecule has 0 aliphatic carbocycles. The van der Waals surface area contributed by atoms with Crippen molar-refractivity contribution in [2.75, 3.05) is 5.73 Å². The maximum Gasteiger partial charge on any atom is 0.203 e. The summed E-state index contributed by atoms with van der Waals surface area (Å²) in [7, 11) is 0. The smallest absolute Gasteiger partial charge is 0.203 e. The van der Waals surface area contributed by atoms with E-state index < -0.39 is 0 Å². The van der Waals surface area contributed by atoms with Crippen LogP contribution in [0.5, 0.6) is 0 Å². The number of aryl methyl sites for hydroxylation is 1. The van der Waals surface area contributed by atoms with Crippen LogP contribution in [0.1, 0.15) is 5.56 Å². The van der Waals surface area contributed by atoms with E-state index in [0.717, 1.165) is 16.1 Å². The molecule has 72 valence electrons. The zero-order valence-corrected chi connectivity index (χ0v) is 9.06. The van der Waals surface area contributed by atoms with Gasteiger partial charge in [-0.3, -0.25) is 0 Å². The Morgan fingerprint density at radius 2 is 2.14 bits per heavy atom. The van der Waals surface area contributed by atoms with Gasteiger partial charge in [-0.25, -0.2) is 0 Å². The summed E-state index contributed by atoms with van der Waals surface area (Å²) in [4.78, 5) is 0. The summed E-state index contributed by atoms with van der Waals surface area (Å²) in [5.41, 5.74) is 7.53. The number of anilines is 1. The van der Waals surface area contributed by atoms with Crippen LogP contribution < -0.4 is 5.73 Å². The monoisotopic (exact) mass is 225 g/mol. The van der Waals surface area contributed by atoms with Crippen LogP contribution in [-0.4, -0.2) is 10.2 Å². The fourth-order valence-corrected chi connectivity index (χ4v) is 2.05. The average molecular weight is 226 g/mol. The van der Waals surface area contributed by atoms with Gasteiger partial charge in [0.15, 0.2) is 5.01 Å². The summed E-state index contributed by atoms with van der Waals surface area (Å²) in [6.45, 7) is 2.00. The van der Waals surface area contributed by atoms with E-state index in [-0.39, 0.29) is 0 Å². The molecule has 0 spiro atoms. The fourth-order valence-electron chi connectivity index (χ4n) is 1.15. The van der Waals surface area contributed by atoms with Crippen LogP contribution in [-0.2, 0) is 0 Å². The first kappa shape index (κ1) is 9.43. The molecular formula is C9H8ClN3S. The summed E-state index contributed by atoms with van der Waals surface area (Å²) in [5.74, 6) is 0. The minimum Gasteiger partial charge on any atom is -0.374 e. The minimum atomic E-state index is 0.456. The zero-order valence-electron chi connectivity index (χ0n) is 7.49. The first-order valence-electron chi connectivity index (χ1n) is 4.02. The van der Waals surface area contributed by atoms with E-state index in [1.807, 2.05) is 25.1 Å². The molecule has 1 heterocycles. The third kappa shape index (κ3) is 1.71. The lowest BCUT2D eigenvalue weighted by molar-refractivity contribution is 1.10. The molecular weight excluding hydrogens is 218 g/mol. The Bertz CT molecular complexity index is 467. The van der Waals surface area contributed by atoms with E-state index in [9.17, 15) is 0 Å². The average Bonchev–Trinajstić information content (AvgIpc) is 2.56. The quantitative estimate of drug-likeness (QED) is 0.812. The number of rotatable bonds is 1. The van der Waals surface area contributed by atoms with Gasteiger partial charge in [0.25, 0.3) is 0 Å². The van der Waals surface area contributed by atoms with Gasteiger partial charge in [0.05, 0.1) is 5.02 Å². The number of nitrogens with zero attached hydrogens (tertiary/aromatic N) is 2. The van der Waals surface area contributed by atoms with Gasteiger partial charge >= 0.3 is 0 Å². The van der Waals surface area contributed by atoms with Gasteiger partial charge in [0, 0.05) is 5.56 Å².